The Morgan fingerprint density at radius 2 is 1.91 bits per heavy atom. The summed E-state index contributed by atoms with van der Waals surface area (Å²) in [6.45, 7) is 6.84. The Bertz CT molecular complexity index is 1120. The lowest BCUT2D eigenvalue weighted by Crippen LogP contribution is -2.32. The van der Waals surface area contributed by atoms with Gasteiger partial charge in [0.1, 0.15) is 6.10 Å². The standard InChI is InChI=1S/C23H30F2N2O5S/c1-14(31-16-7-9-23(10-8-16)12-22(2,3)30-13-23)21-26-20(27-32-21)17-6-5-15(11-33(4,28)29)18(24)19(17)25/h5-6,14,16H,7-13H2,1-4H3/t14-,16?,23?/m1/s1. The highest BCUT2D eigenvalue weighted by atomic mass is 32.2. The van der Waals surface area contributed by atoms with Gasteiger partial charge in [0.05, 0.1) is 29.6 Å². The second-order valence-corrected chi connectivity index (χ2v) is 12.3. The number of rotatable bonds is 6. The van der Waals surface area contributed by atoms with E-state index in [0.29, 0.717) is 0 Å². The molecule has 1 atom stereocenters. The van der Waals surface area contributed by atoms with E-state index in [0.717, 1.165) is 45.0 Å². The molecule has 1 aliphatic carbocycles. The van der Waals surface area contributed by atoms with E-state index in [9.17, 15) is 17.2 Å². The fourth-order valence-corrected chi connectivity index (χ4v) is 5.82. The first-order chi connectivity index (χ1) is 15.4. The van der Waals surface area contributed by atoms with Crippen LogP contribution in [-0.4, -0.2) is 43.1 Å². The van der Waals surface area contributed by atoms with Gasteiger partial charge in [-0.1, -0.05) is 11.2 Å². The molecule has 0 radical (unpaired) electrons. The highest BCUT2D eigenvalue weighted by Gasteiger charge is 2.46. The van der Waals surface area contributed by atoms with Gasteiger partial charge in [-0.3, -0.25) is 0 Å². The monoisotopic (exact) mass is 484 g/mol. The van der Waals surface area contributed by atoms with Crippen LogP contribution in [0.25, 0.3) is 11.4 Å². The Morgan fingerprint density at radius 3 is 2.52 bits per heavy atom. The van der Waals surface area contributed by atoms with Gasteiger partial charge in [-0.2, -0.15) is 4.98 Å². The first-order valence-electron chi connectivity index (χ1n) is 11.1. The fraction of sp³-hybridized carbons (Fsp3) is 0.652. The van der Waals surface area contributed by atoms with Crippen molar-refractivity contribution in [3.63, 3.8) is 0 Å². The SMILES string of the molecule is C[C@@H](OC1CCC2(CC1)COC(C)(C)C2)c1nc(-c2ccc(CS(C)(=O)=O)c(F)c2F)no1. The smallest absolute Gasteiger partial charge is 0.255 e. The number of ether oxygens (including phenoxy) is 2. The van der Waals surface area contributed by atoms with Crippen LogP contribution >= 0.6 is 0 Å². The molecule has 1 aliphatic heterocycles. The maximum atomic E-state index is 14.6. The van der Waals surface area contributed by atoms with E-state index >= 15 is 0 Å². The summed E-state index contributed by atoms with van der Waals surface area (Å²) < 4.78 is 69.1. The zero-order valence-corrected chi connectivity index (χ0v) is 20.2. The molecule has 1 aromatic heterocycles. The van der Waals surface area contributed by atoms with Crippen LogP contribution in [0.2, 0.25) is 0 Å². The predicted octanol–water partition coefficient (Wildman–Crippen LogP) is 4.76. The second kappa shape index (κ2) is 8.70. The first-order valence-corrected chi connectivity index (χ1v) is 13.2. The van der Waals surface area contributed by atoms with E-state index in [2.05, 4.69) is 24.0 Å². The minimum Gasteiger partial charge on any atom is -0.375 e. The van der Waals surface area contributed by atoms with Crippen molar-refractivity contribution in [3.05, 3.63) is 35.2 Å². The van der Waals surface area contributed by atoms with E-state index in [1.807, 2.05) is 0 Å². The summed E-state index contributed by atoms with van der Waals surface area (Å²) in [6, 6.07) is 2.47. The Balaban J connectivity index is 1.40. The van der Waals surface area contributed by atoms with E-state index in [1.165, 1.54) is 12.1 Å². The van der Waals surface area contributed by atoms with Gasteiger partial charge >= 0.3 is 0 Å². The lowest BCUT2D eigenvalue weighted by Gasteiger charge is -2.37. The summed E-state index contributed by atoms with van der Waals surface area (Å²) in [5.74, 6) is -2.98. The molecule has 0 N–H and O–H groups in total. The normalized spacial score (nSPS) is 26.1. The van der Waals surface area contributed by atoms with Gasteiger partial charge < -0.3 is 14.0 Å². The Kier molecular flexibility index (Phi) is 6.39. The van der Waals surface area contributed by atoms with E-state index < -0.39 is 33.3 Å². The van der Waals surface area contributed by atoms with E-state index in [1.54, 1.807) is 6.92 Å². The number of benzene rings is 1. The van der Waals surface area contributed by atoms with Crippen molar-refractivity contribution in [3.8, 4) is 11.4 Å². The number of sulfone groups is 1. The Labute approximate surface area is 192 Å². The minimum atomic E-state index is -3.51. The fourth-order valence-electron chi connectivity index (χ4n) is 5.03. The number of nitrogens with zero attached hydrogens (tertiary/aromatic N) is 2. The van der Waals surface area contributed by atoms with Gasteiger partial charge in [-0.25, -0.2) is 17.2 Å². The van der Waals surface area contributed by atoms with Crippen molar-refractivity contribution >= 4 is 9.84 Å². The van der Waals surface area contributed by atoms with Gasteiger partial charge in [0.15, 0.2) is 21.5 Å². The van der Waals surface area contributed by atoms with Gasteiger partial charge in [-0.15, -0.1) is 0 Å². The molecule has 1 saturated carbocycles. The van der Waals surface area contributed by atoms with Gasteiger partial charge in [0.25, 0.3) is 5.89 Å². The van der Waals surface area contributed by atoms with Crippen molar-refractivity contribution in [2.75, 3.05) is 12.9 Å². The predicted molar refractivity (Wildman–Crippen MR) is 117 cm³/mol. The summed E-state index contributed by atoms with van der Waals surface area (Å²) in [4.78, 5) is 4.19. The molecule has 4 rings (SSSR count). The largest absolute Gasteiger partial charge is 0.375 e. The van der Waals surface area contributed by atoms with Crippen molar-refractivity contribution in [2.45, 2.75) is 76.4 Å². The summed E-state index contributed by atoms with van der Waals surface area (Å²) in [6.07, 6.45) is 5.45. The molecule has 2 fully saturated rings. The van der Waals surface area contributed by atoms with Crippen molar-refractivity contribution in [1.82, 2.24) is 10.1 Å². The molecule has 10 heteroatoms. The average molecular weight is 485 g/mol. The third-order valence-corrected chi connectivity index (χ3v) is 7.41. The number of halogens is 2. The van der Waals surface area contributed by atoms with Crippen LogP contribution in [0.4, 0.5) is 8.78 Å². The topological polar surface area (TPSA) is 91.5 Å². The molecule has 33 heavy (non-hydrogen) atoms. The molecule has 2 aromatic rings. The van der Waals surface area contributed by atoms with Gasteiger partial charge in [0, 0.05) is 11.8 Å². The van der Waals surface area contributed by atoms with Crippen molar-refractivity contribution in [1.29, 1.82) is 0 Å². The van der Waals surface area contributed by atoms with Crippen molar-refractivity contribution < 1.29 is 31.2 Å². The van der Waals surface area contributed by atoms with Crippen LogP contribution in [0.5, 0.6) is 0 Å². The third-order valence-electron chi connectivity index (χ3n) is 6.57. The van der Waals surface area contributed by atoms with Gasteiger partial charge in [-0.05, 0) is 64.4 Å². The summed E-state index contributed by atoms with van der Waals surface area (Å²) in [5, 5.41) is 3.77. The molecule has 7 nitrogen and oxygen atoms in total. The Morgan fingerprint density at radius 1 is 1.21 bits per heavy atom. The van der Waals surface area contributed by atoms with Gasteiger partial charge in [0.2, 0.25) is 5.82 Å². The second-order valence-electron chi connectivity index (χ2n) is 10.1. The molecule has 1 saturated heterocycles. The van der Waals surface area contributed by atoms with Crippen LogP contribution in [0, 0.1) is 17.0 Å². The maximum Gasteiger partial charge on any atom is 0.255 e. The van der Waals surface area contributed by atoms with E-state index in [4.69, 9.17) is 14.0 Å². The number of aromatic nitrogens is 2. The van der Waals surface area contributed by atoms with Crippen LogP contribution < -0.4 is 0 Å². The summed E-state index contributed by atoms with van der Waals surface area (Å²) >= 11 is 0. The molecule has 2 heterocycles. The molecule has 2 aliphatic rings. The quantitative estimate of drug-likeness (QED) is 0.583. The summed E-state index contributed by atoms with van der Waals surface area (Å²) in [7, 11) is -3.51. The minimum absolute atomic E-state index is 0.0501. The molecule has 0 bridgehead atoms. The first kappa shape index (κ1) is 24.2. The van der Waals surface area contributed by atoms with Crippen molar-refractivity contribution in [2.24, 2.45) is 5.41 Å². The maximum absolute atomic E-state index is 14.6. The molecule has 182 valence electrons. The third kappa shape index (κ3) is 5.44. The molecule has 1 spiro atoms. The molecular formula is C23H30F2N2O5S. The molecular weight excluding hydrogens is 454 g/mol. The highest BCUT2D eigenvalue weighted by Crippen LogP contribution is 2.49. The lowest BCUT2D eigenvalue weighted by atomic mass is 9.70. The summed E-state index contributed by atoms with van der Waals surface area (Å²) in [5.41, 5.74) is -0.283. The van der Waals surface area contributed by atoms with Crippen LogP contribution in [0.1, 0.15) is 70.4 Å². The number of hydrogen-bond donors (Lipinski definition) is 0. The zero-order chi connectivity index (χ0) is 24.0. The zero-order valence-electron chi connectivity index (χ0n) is 19.4. The van der Waals surface area contributed by atoms with Crippen LogP contribution in [0.3, 0.4) is 0 Å². The molecule has 0 unspecified atom stereocenters. The van der Waals surface area contributed by atoms with Crippen LogP contribution in [0.15, 0.2) is 16.7 Å². The highest BCUT2D eigenvalue weighted by molar-refractivity contribution is 7.89. The average Bonchev–Trinajstić information content (AvgIpc) is 3.32. The number of hydrogen-bond acceptors (Lipinski definition) is 7. The Hall–Kier alpha value is -1.91. The molecule has 1 aromatic carbocycles. The van der Waals surface area contributed by atoms with Crippen LogP contribution in [-0.2, 0) is 25.1 Å². The molecule has 0 amide bonds. The van der Waals surface area contributed by atoms with E-state index in [-0.39, 0.29) is 40.0 Å². The lowest BCUT2D eigenvalue weighted by molar-refractivity contribution is -0.0560.